The lowest BCUT2D eigenvalue weighted by Crippen LogP contribution is -2.22. The maximum absolute atomic E-state index is 12.1. The molecule has 0 unspecified atom stereocenters. The third-order valence-corrected chi connectivity index (χ3v) is 5.02. The molecule has 25 heavy (non-hydrogen) atoms. The molecule has 1 aliphatic rings. The first-order valence-corrected chi connectivity index (χ1v) is 8.93. The van der Waals surface area contributed by atoms with E-state index in [9.17, 15) is 4.79 Å². The summed E-state index contributed by atoms with van der Waals surface area (Å²) >= 11 is 0. The number of para-hydroxylation sites is 1. The summed E-state index contributed by atoms with van der Waals surface area (Å²) in [6, 6.07) is 18.7. The molecular formula is C22H22N2O. The van der Waals surface area contributed by atoms with Gasteiger partial charge in [0.05, 0.1) is 0 Å². The lowest BCUT2D eigenvalue weighted by Gasteiger charge is -2.23. The normalized spacial score (nSPS) is 19.6. The van der Waals surface area contributed by atoms with Gasteiger partial charge in [0, 0.05) is 42.2 Å². The number of aromatic nitrogens is 1. The topological polar surface area (TPSA) is 45.2 Å². The Morgan fingerprint density at radius 3 is 2.68 bits per heavy atom. The summed E-state index contributed by atoms with van der Waals surface area (Å²) in [4.78, 5) is 20.2. The molecule has 0 bridgehead atoms. The van der Waals surface area contributed by atoms with Crippen molar-refractivity contribution >= 4 is 22.4 Å². The van der Waals surface area contributed by atoms with Gasteiger partial charge in [0.1, 0.15) is 5.78 Å². The van der Waals surface area contributed by atoms with Crippen LogP contribution in [-0.4, -0.2) is 23.0 Å². The second-order valence-corrected chi connectivity index (χ2v) is 6.79. The van der Waals surface area contributed by atoms with Gasteiger partial charge in [-0.2, -0.15) is 0 Å². The minimum atomic E-state index is 0.286. The maximum Gasteiger partial charge on any atom is 0.139 e. The second kappa shape index (κ2) is 7.06. The van der Waals surface area contributed by atoms with E-state index < -0.39 is 0 Å². The molecule has 3 heteroatoms. The van der Waals surface area contributed by atoms with Crippen LogP contribution in [0.3, 0.4) is 0 Å². The molecule has 1 saturated carbocycles. The zero-order valence-electron chi connectivity index (χ0n) is 14.2. The molecule has 1 aromatic heterocycles. The van der Waals surface area contributed by atoms with Gasteiger partial charge in [-0.15, -0.1) is 0 Å². The molecule has 3 aromatic rings. The molecule has 0 amide bonds. The summed E-state index contributed by atoms with van der Waals surface area (Å²) in [6.45, 7) is 0.742. The van der Waals surface area contributed by atoms with Crippen molar-refractivity contribution in [3.63, 3.8) is 0 Å². The van der Waals surface area contributed by atoms with E-state index >= 15 is 0 Å². The summed E-state index contributed by atoms with van der Waals surface area (Å²) < 4.78 is 0. The molecule has 0 aliphatic heterocycles. The van der Waals surface area contributed by atoms with Gasteiger partial charge in [-0.25, -0.2) is 0 Å². The number of H-pyrrole nitrogens is 1. The van der Waals surface area contributed by atoms with Gasteiger partial charge in [-0.1, -0.05) is 48.5 Å². The fourth-order valence-corrected chi connectivity index (χ4v) is 3.76. The van der Waals surface area contributed by atoms with Crippen molar-refractivity contribution in [3.8, 4) is 0 Å². The molecule has 1 aliphatic carbocycles. The molecule has 0 radical (unpaired) electrons. The van der Waals surface area contributed by atoms with Crippen LogP contribution >= 0.6 is 0 Å². The number of nitrogens with one attached hydrogen (secondary N) is 1. The molecular weight excluding hydrogens is 308 g/mol. The average Bonchev–Trinajstić information content (AvgIpc) is 3.05. The van der Waals surface area contributed by atoms with E-state index in [2.05, 4.69) is 41.5 Å². The monoisotopic (exact) mass is 330 g/mol. The van der Waals surface area contributed by atoms with Crippen LogP contribution in [0.1, 0.15) is 36.3 Å². The molecule has 126 valence electrons. The smallest absolute Gasteiger partial charge is 0.139 e. The third-order valence-electron chi connectivity index (χ3n) is 5.02. The number of nitrogens with zero attached hydrogens (tertiary/aromatic N) is 1. The van der Waals surface area contributed by atoms with E-state index in [0.29, 0.717) is 18.6 Å². The minimum Gasteiger partial charge on any atom is -0.361 e. The average molecular weight is 330 g/mol. The summed E-state index contributed by atoms with van der Waals surface area (Å²) in [5, 5.41) is 1.27. The van der Waals surface area contributed by atoms with Crippen LogP contribution in [0.5, 0.6) is 0 Å². The van der Waals surface area contributed by atoms with Crippen molar-refractivity contribution in [1.82, 2.24) is 4.98 Å². The number of hydrogen-bond donors (Lipinski definition) is 1. The Morgan fingerprint density at radius 2 is 1.80 bits per heavy atom. The Balaban J connectivity index is 1.44. The highest BCUT2D eigenvalue weighted by molar-refractivity contribution is 6.05. The van der Waals surface area contributed by atoms with Crippen LogP contribution in [0.15, 0.2) is 65.8 Å². The van der Waals surface area contributed by atoms with Crippen molar-refractivity contribution in [3.05, 3.63) is 71.9 Å². The number of aromatic amines is 1. The number of carbonyl (C=O) groups is 1. The number of hydrogen-bond acceptors (Lipinski definition) is 2. The fourth-order valence-electron chi connectivity index (χ4n) is 3.76. The first kappa shape index (κ1) is 15.8. The summed E-state index contributed by atoms with van der Waals surface area (Å²) in [5.74, 6) is 0.597. The summed E-state index contributed by atoms with van der Waals surface area (Å²) in [5.41, 5.74) is 4.77. The zero-order valence-corrected chi connectivity index (χ0v) is 14.2. The predicted molar refractivity (Wildman–Crippen MR) is 102 cm³/mol. The Labute approximate surface area is 147 Å². The number of Topliss-reactive ketones (excluding diaryl/α,β-unsaturated/α-hetero) is 1. The Morgan fingerprint density at radius 1 is 1.00 bits per heavy atom. The van der Waals surface area contributed by atoms with Crippen molar-refractivity contribution in [2.24, 2.45) is 4.99 Å². The van der Waals surface area contributed by atoms with Crippen LogP contribution in [0, 0.1) is 0 Å². The third kappa shape index (κ3) is 3.55. The summed E-state index contributed by atoms with van der Waals surface area (Å²) in [6.07, 6.45) is 5.05. The van der Waals surface area contributed by atoms with Gasteiger partial charge in [-0.05, 0) is 36.0 Å². The van der Waals surface area contributed by atoms with Crippen LogP contribution in [0.25, 0.3) is 10.9 Å². The zero-order chi connectivity index (χ0) is 17.1. The van der Waals surface area contributed by atoms with Gasteiger partial charge in [0.15, 0.2) is 0 Å². The van der Waals surface area contributed by atoms with E-state index in [-0.39, 0.29) is 5.92 Å². The first-order chi connectivity index (χ1) is 12.3. The first-order valence-electron chi connectivity index (χ1n) is 8.93. The molecule has 1 fully saturated rings. The van der Waals surface area contributed by atoms with Crippen molar-refractivity contribution in [2.45, 2.75) is 31.6 Å². The highest BCUT2D eigenvalue weighted by Gasteiger charge is 2.24. The molecule has 3 nitrogen and oxygen atoms in total. The number of rotatable bonds is 4. The van der Waals surface area contributed by atoms with E-state index in [4.69, 9.17) is 4.99 Å². The van der Waals surface area contributed by atoms with Gasteiger partial charge >= 0.3 is 0 Å². The Bertz CT molecular complexity index is 908. The maximum atomic E-state index is 12.1. The number of fused-ring (bicyclic) bond motifs is 1. The van der Waals surface area contributed by atoms with Crippen LogP contribution in [0.2, 0.25) is 0 Å². The SMILES string of the molecule is O=C1CC(=NCCc2c[nH]c3ccccc23)C[C@H](c2ccccc2)C1. The van der Waals surface area contributed by atoms with Crippen molar-refractivity contribution < 1.29 is 4.79 Å². The predicted octanol–water partition coefficient (Wildman–Crippen LogP) is 4.69. The van der Waals surface area contributed by atoms with E-state index in [1.54, 1.807) is 0 Å². The second-order valence-electron chi connectivity index (χ2n) is 6.79. The molecule has 0 saturated heterocycles. The Kier molecular flexibility index (Phi) is 4.47. The van der Waals surface area contributed by atoms with Crippen LogP contribution in [-0.2, 0) is 11.2 Å². The lowest BCUT2D eigenvalue weighted by molar-refractivity contribution is -0.118. The number of carbonyl (C=O) groups excluding carboxylic acids is 1. The molecule has 1 N–H and O–H groups in total. The van der Waals surface area contributed by atoms with Crippen LogP contribution < -0.4 is 0 Å². The Hall–Kier alpha value is -2.68. The van der Waals surface area contributed by atoms with Gasteiger partial charge in [0.2, 0.25) is 0 Å². The van der Waals surface area contributed by atoms with Gasteiger partial charge < -0.3 is 4.98 Å². The van der Waals surface area contributed by atoms with Gasteiger partial charge in [0.25, 0.3) is 0 Å². The molecule has 1 atom stereocenters. The fraction of sp³-hybridized carbons (Fsp3) is 0.273. The lowest BCUT2D eigenvalue weighted by atomic mass is 9.82. The van der Waals surface area contributed by atoms with E-state index in [1.165, 1.54) is 22.0 Å². The van der Waals surface area contributed by atoms with Crippen LogP contribution in [0.4, 0.5) is 0 Å². The van der Waals surface area contributed by atoms with E-state index in [1.807, 2.05) is 24.3 Å². The highest BCUT2D eigenvalue weighted by atomic mass is 16.1. The number of aliphatic imine (C=N–C) groups is 1. The van der Waals surface area contributed by atoms with E-state index in [0.717, 1.165) is 25.1 Å². The highest BCUT2D eigenvalue weighted by Crippen LogP contribution is 2.29. The number of benzene rings is 2. The minimum absolute atomic E-state index is 0.286. The largest absolute Gasteiger partial charge is 0.361 e. The molecule has 4 rings (SSSR count). The molecule has 2 aromatic carbocycles. The molecule has 1 heterocycles. The van der Waals surface area contributed by atoms with Crippen molar-refractivity contribution in [1.29, 1.82) is 0 Å². The summed E-state index contributed by atoms with van der Waals surface area (Å²) in [7, 11) is 0. The standard InChI is InChI=1S/C22H22N2O/c25-20-13-18(16-6-2-1-3-7-16)12-19(14-20)23-11-10-17-15-24-22-9-5-4-8-21(17)22/h1-9,15,18,24H,10-14H2/t18-/m0/s1. The van der Waals surface area contributed by atoms with Gasteiger partial charge in [-0.3, -0.25) is 9.79 Å². The molecule has 0 spiro atoms. The number of ketones is 1. The van der Waals surface area contributed by atoms with Crippen molar-refractivity contribution in [2.75, 3.05) is 6.54 Å². The quantitative estimate of drug-likeness (QED) is 0.741.